The summed E-state index contributed by atoms with van der Waals surface area (Å²) < 4.78 is 5.69. The molecule has 0 radical (unpaired) electrons. The van der Waals surface area contributed by atoms with E-state index in [1.54, 1.807) is 12.1 Å². The largest absolute Gasteiger partial charge is 0.439 e. The van der Waals surface area contributed by atoms with Gasteiger partial charge >= 0.3 is 0 Å². The Kier molecular flexibility index (Phi) is 5.74. The summed E-state index contributed by atoms with van der Waals surface area (Å²) in [5.74, 6) is -0.520. The van der Waals surface area contributed by atoms with Crippen LogP contribution in [0.5, 0.6) is 0 Å². The highest BCUT2D eigenvalue weighted by molar-refractivity contribution is 5.88. The Labute approximate surface area is 156 Å². The lowest BCUT2D eigenvalue weighted by atomic mass is 10.1. The van der Waals surface area contributed by atoms with Gasteiger partial charge in [0.15, 0.2) is 11.5 Å². The van der Waals surface area contributed by atoms with Crippen LogP contribution in [-0.4, -0.2) is 46.4 Å². The summed E-state index contributed by atoms with van der Waals surface area (Å²) >= 11 is 0. The van der Waals surface area contributed by atoms with Crippen LogP contribution in [0.15, 0.2) is 40.9 Å². The smallest absolute Gasteiger partial charge is 0.229 e. The Morgan fingerprint density at radius 1 is 1.30 bits per heavy atom. The number of amides is 1. The van der Waals surface area contributed by atoms with Crippen molar-refractivity contribution >= 4 is 23.0 Å². The van der Waals surface area contributed by atoms with Crippen LogP contribution in [0.4, 0.5) is 5.95 Å². The first-order valence-electron chi connectivity index (χ1n) is 8.59. The van der Waals surface area contributed by atoms with E-state index in [9.17, 15) is 10.1 Å². The van der Waals surface area contributed by atoms with E-state index in [4.69, 9.17) is 4.42 Å². The third kappa shape index (κ3) is 4.65. The number of fused-ring (bicyclic) bond motifs is 1. The zero-order valence-electron chi connectivity index (χ0n) is 15.2. The number of nitrogens with one attached hydrogen (secondary N) is 1. The SMILES string of the molecule is CN(C)CCCC(=O)Nc1nccc(C(C#N)c2nc3ccccc3o2)n1. The summed E-state index contributed by atoms with van der Waals surface area (Å²) in [6.45, 7) is 0.822. The van der Waals surface area contributed by atoms with Gasteiger partial charge < -0.3 is 9.32 Å². The highest BCUT2D eigenvalue weighted by Gasteiger charge is 2.22. The molecule has 1 aromatic carbocycles. The molecule has 1 atom stereocenters. The molecular weight excluding hydrogens is 344 g/mol. The van der Waals surface area contributed by atoms with E-state index in [2.05, 4.69) is 26.3 Å². The second-order valence-corrected chi connectivity index (χ2v) is 6.34. The van der Waals surface area contributed by atoms with Gasteiger partial charge in [-0.2, -0.15) is 5.26 Å². The van der Waals surface area contributed by atoms with Crippen LogP contribution < -0.4 is 5.32 Å². The molecule has 0 bridgehead atoms. The van der Waals surface area contributed by atoms with E-state index >= 15 is 0 Å². The van der Waals surface area contributed by atoms with E-state index in [1.807, 2.05) is 37.2 Å². The minimum absolute atomic E-state index is 0.163. The monoisotopic (exact) mass is 364 g/mol. The van der Waals surface area contributed by atoms with Gasteiger partial charge in [0.2, 0.25) is 17.7 Å². The van der Waals surface area contributed by atoms with Crippen LogP contribution in [0, 0.1) is 11.3 Å². The number of nitrogens with zero attached hydrogens (tertiary/aromatic N) is 5. The van der Waals surface area contributed by atoms with Crippen LogP contribution in [0.25, 0.3) is 11.1 Å². The lowest BCUT2D eigenvalue weighted by molar-refractivity contribution is -0.116. The number of hydrogen-bond acceptors (Lipinski definition) is 7. The van der Waals surface area contributed by atoms with Crippen molar-refractivity contribution in [1.29, 1.82) is 5.26 Å². The number of anilines is 1. The molecule has 2 aromatic heterocycles. The van der Waals surface area contributed by atoms with E-state index in [-0.39, 0.29) is 17.7 Å². The molecule has 1 N–H and O–H groups in total. The average molecular weight is 364 g/mol. The van der Waals surface area contributed by atoms with Crippen molar-refractivity contribution in [2.75, 3.05) is 26.0 Å². The minimum Gasteiger partial charge on any atom is -0.439 e. The maximum Gasteiger partial charge on any atom is 0.229 e. The van der Waals surface area contributed by atoms with Gasteiger partial charge in [-0.3, -0.25) is 10.1 Å². The summed E-state index contributed by atoms with van der Waals surface area (Å²) in [5.41, 5.74) is 1.70. The predicted octanol–water partition coefficient (Wildman–Crippen LogP) is 2.55. The first kappa shape index (κ1) is 18.5. The normalized spacial score (nSPS) is 12.1. The van der Waals surface area contributed by atoms with Crippen molar-refractivity contribution in [3.8, 4) is 6.07 Å². The fourth-order valence-electron chi connectivity index (χ4n) is 2.60. The summed E-state index contributed by atoms with van der Waals surface area (Å²) in [7, 11) is 3.91. The van der Waals surface area contributed by atoms with Gasteiger partial charge in [0.25, 0.3) is 0 Å². The third-order valence-electron chi connectivity index (χ3n) is 3.92. The zero-order chi connectivity index (χ0) is 19.2. The fourth-order valence-corrected chi connectivity index (χ4v) is 2.60. The fraction of sp³-hybridized carbons (Fsp3) is 0.316. The van der Waals surface area contributed by atoms with E-state index in [1.165, 1.54) is 6.20 Å². The van der Waals surface area contributed by atoms with Crippen molar-refractivity contribution in [3.63, 3.8) is 0 Å². The molecule has 0 saturated carbocycles. The number of nitriles is 1. The van der Waals surface area contributed by atoms with Gasteiger partial charge in [0.1, 0.15) is 5.52 Å². The van der Waals surface area contributed by atoms with Crippen LogP contribution in [0.3, 0.4) is 0 Å². The highest BCUT2D eigenvalue weighted by atomic mass is 16.3. The Morgan fingerprint density at radius 2 is 2.11 bits per heavy atom. The molecule has 138 valence electrons. The Bertz CT molecular complexity index is 942. The van der Waals surface area contributed by atoms with Gasteiger partial charge in [0, 0.05) is 12.6 Å². The lowest BCUT2D eigenvalue weighted by Crippen LogP contribution is -2.18. The Balaban J connectivity index is 1.75. The van der Waals surface area contributed by atoms with Crippen molar-refractivity contribution in [3.05, 3.63) is 48.1 Å². The molecule has 0 aliphatic carbocycles. The molecule has 1 unspecified atom stereocenters. The molecule has 0 aliphatic rings. The van der Waals surface area contributed by atoms with Gasteiger partial charge in [-0.25, -0.2) is 15.0 Å². The first-order chi connectivity index (χ1) is 13.1. The quantitative estimate of drug-likeness (QED) is 0.686. The number of rotatable bonds is 7. The van der Waals surface area contributed by atoms with Crippen LogP contribution in [-0.2, 0) is 4.79 Å². The second kappa shape index (κ2) is 8.38. The van der Waals surface area contributed by atoms with Crippen LogP contribution >= 0.6 is 0 Å². The van der Waals surface area contributed by atoms with Gasteiger partial charge in [-0.1, -0.05) is 12.1 Å². The maximum absolute atomic E-state index is 12.0. The highest BCUT2D eigenvalue weighted by Crippen LogP contribution is 2.26. The molecule has 8 heteroatoms. The Morgan fingerprint density at radius 3 is 2.85 bits per heavy atom. The molecule has 0 fully saturated rings. The first-order valence-corrected chi connectivity index (χ1v) is 8.59. The third-order valence-corrected chi connectivity index (χ3v) is 3.92. The molecule has 3 aromatic rings. The standard InChI is InChI=1S/C19H20N6O2/c1-25(2)11-5-8-17(26)24-19-21-10-9-14(23-19)13(12-20)18-22-15-6-3-4-7-16(15)27-18/h3-4,6-7,9-10,13H,5,8,11H2,1-2H3,(H,21,23,24,26). The maximum atomic E-state index is 12.0. The lowest BCUT2D eigenvalue weighted by Gasteiger charge is -2.09. The second-order valence-electron chi connectivity index (χ2n) is 6.34. The molecule has 1 amide bonds. The van der Waals surface area contributed by atoms with Crippen LogP contribution in [0.1, 0.15) is 30.3 Å². The topological polar surface area (TPSA) is 108 Å². The summed E-state index contributed by atoms with van der Waals surface area (Å²) in [5, 5.41) is 12.3. The number of carbonyl (C=O) groups excluding carboxylic acids is 1. The molecule has 2 heterocycles. The molecule has 3 rings (SSSR count). The molecule has 0 spiro atoms. The number of benzene rings is 1. The number of carbonyl (C=O) groups is 1. The van der Waals surface area contributed by atoms with E-state index in [0.29, 0.717) is 23.2 Å². The number of aromatic nitrogens is 3. The number of hydrogen-bond donors (Lipinski definition) is 1. The van der Waals surface area contributed by atoms with Crippen molar-refractivity contribution < 1.29 is 9.21 Å². The number of para-hydroxylation sites is 2. The number of oxazole rings is 1. The minimum atomic E-state index is -0.787. The van der Waals surface area contributed by atoms with E-state index in [0.717, 1.165) is 13.0 Å². The van der Waals surface area contributed by atoms with Gasteiger partial charge in [0.05, 0.1) is 11.8 Å². The van der Waals surface area contributed by atoms with E-state index < -0.39 is 5.92 Å². The van der Waals surface area contributed by atoms with Crippen molar-refractivity contribution in [2.24, 2.45) is 0 Å². The Hall–Kier alpha value is -3.31. The zero-order valence-corrected chi connectivity index (χ0v) is 15.2. The average Bonchev–Trinajstić information content (AvgIpc) is 3.06. The summed E-state index contributed by atoms with van der Waals surface area (Å²) in [4.78, 5) is 26.8. The molecule has 0 saturated heterocycles. The molecule has 27 heavy (non-hydrogen) atoms. The van der Waals surface area contributed by atoms with Gasteiger partial charge in [-0.15, -0.1) is 0 Å². The van der Waals surface area contributed by atoms with Crippen molar-refractivity contribution in [2.45, 2.75) is 18.8 Å². The molecule has 0 aliphatic heterocycles. The summed E-state index contributed by atoms with van der Waals surface area (Å²) in [6, 6.07) is 11.1. The van der Waals surface area contributed by atoms with Crippen LogP contribution in [0.2, 0.25) is 0 Å². The van der Waals surface area contributed by atoms with Crippen molar-refractivity contribution in [1.82, 2.24) is 19.9 Å². The molecule has 8 nitrogen and oxygen atoms in total. The molecular formula is C19H20N6O2. The van der Waals surface area contributed by atoms with Gasteiger partial charge in [-0.05, 0) is 45.3 Å². The summed E-state index contributed by atoms with van der Waals surface area (Å²) in [6.07, 6.45) is 2.62. The predicted molar refractivity (Wildman–Crippen MR) is 99.9 cm³/mol.